The molecule has 0 aromatic carbocycles. The summed E-state index contributed by atoms with van der Waals surface area (Å²) in [6.45, 7) is 8.44. The van der Waals surface area contributed by atoms with E-state index >= 15 is 0 Å². The smallest absolute Gasteiger partial charge is 0.194 e. The Hall–Kier alpha value is -1.47. The summed E-state index contributed by atoms with van der Waals surface area (Å²) in [5.74, 6) is 0.888. The fourth-order valence-electron chi connectivity index (χ4n) is 2.01. The van der Waals surface area contributed by atoms with Gasteiger partial charge in [0.1, 0.15) is 0 Å². The molecule has 0 unspecified atom stereocenters. The zero-order valence-electron chi connectivity index (χ0n) is 13.6. The summed E-state index contributed by atoms with van der Waals surface area (Å²) >= 11 is 3.39. The van der Waals surface area contributed by atoms with Gasteiger partial charge in [0.15, 0.2) is 5.96 Å². The van der Waals surface area contributed by atoms with E-state index in [1.807, 2.05) is 14.0 Å². The fourth-order valence-corrected chi connectivity index (χ4v) is 3.35. The third kappa shape index (κ3) is 4.78. The second-order valence-corrected chi connectivity index (χ2v) is 6.98. The first kappa shape index (κ1) is 16.9. The lowest BCUT2D eigenvalue weighted by molar-refractivity contribution is 0.470. The molecule has 0 bridgehead atoms. The van der Waals surface area contributed by atoms with Crippen molar-refractivity contribution in [2.24, 2.45) is 4.99 Å². The van der Waals surface area contributed by atoms with Crippen molar-refractivity contribution in [1.82, 2.24) is 20.2 Å². The molecule has 0 saturated carbocycles. The minimum Gasteiger partial charge on any atom is -0.357 e. The largest absolute Gasteiger partial charge is 0.357 e. The minimum absolute atomic E-state index is 0.610. The molecule has 22 heavy (non-hydrogen) atoms. The molecule has 0 fully saturated rings. The summed E-state index contributed by atoms with van der Waals surface area (Å²) in [7, 11) is 2.04. The monoisotopic (exact) mass is 337 g/mol. The number of aromatic nitrogens is 2. The minimum atomic E-state index is 0.610. The van der Waals surface area contributed by atoms with Gasteiger partial charge in [-0.05, 0) is 20.3 Å². The lowest BCUT2D eigenvalue weighted by Gasteiger charge is -2.21. The van der Waals surface area contributed by atoms with Crippen molar-refractivity contribution in [1.29, 1.82) is 0 Å². The maximum Gasteiger partial charge on any atom is 0.194 e. The first-order valence-electron chi connectivity index (χ1n) is 7.46. The van der Waals surface area contributed by atoms with Crippen LogP contribution in [0.3, 0.4) is 0 Å². The first-order valence-corrected chi connectivity index (χ1v) is 9.22. The van der Waals surface area contributed by atoms with E-state index in [1.54, 1.807) is 22.7 Å². The number of guanidine groups is 1. The Labute approximate surface area is 140 Å². The zero-order valence-corrected chi connectivity index (χ0v) is 15.2. The van der Waals surface area contributed by atoms with Gasteiger partial charge in [0.2, 0.25) is 0 Å². The van der Waals surface area contributed by atoms with Crippen LogP contribution in [0.1, 0.15) is 35.3 Å². The third-order valence-electron chi connectivity index (χ3n) is 3.05. The molecule has 1 N–H and O–H groups in total. The number of nitrogens with zero attached hydrogens (tertiary/aromatic N) is 4. The van der Waals surface area contributed by atoms with Crippen molar-refractivity contribution in [2.45, 2.75) is 40.3 Å². The van der Waals surface area contributed by atoms with Crippen molar-refractivity contribution in [3.05, 3.63) is 32.2 Å². The molecule has 2 aromatic heterocycles. The highest BCUT2D eigenvalue weighted by Crippen LogP contribution is 2.12. The van der Waals surface area contributed by atoms with Gasteiger partial charge in [-0.1, -0.05) is 6.92 Å². The average molecular weight is 338 g/mol. The van der Waals surface area contributed by atoms with Gasteiger partial charge >= 0.3 is 0 Å². The van der Waals surface area contributed by atoms with E-state index in [9.17, 15) is 0 Å². The fraction of sp³-hybridized carbons (Fsp3) is 0.533. The van der Waals surface area contributed by atoms with Crippen LogP contribution in [0.15, 0.2) is 15.8 Å². The number of thiazole rings is 2. The number of aliphatic imine (C=N–C) groups is 1. The Morgan fingerprint density at radius 2 is 2.00 bits per heavy atom. The van der Waals surface area contributed by atoms with Crippen LogP contribution in [-0.2, 0) is 19.5 Å². The van der Waals surface area contributed by atoms with E-state index in [4.69, 9.17) is 0 Å². The quantitative estimate of drug-likeness (QED) is 0.650. The van der Waals surface area contributed by atoms with Gasteiger partial charge in [-0.3, -0.25) is 0 Å². The van der Waals surface area contributed by atoms with E-state index in [0.717, 1.165) is 41.9 Å². The lowest BCUT2D eigenvalue weighted by atomic mass is 10.4. The van der Waals surface area contributed by atoms with Gasteiger partial charge in [0.25, 0.3) is 0 Å². The molecule has 120 valence electrons. The molecular formula is C15H23N5S2. The molecule has 0 aliphatic heterocycles. The van der Waals surface area contributed by atoms with Crippen LogP contribution in [0.4, 0.5) is 0 Å². The number of rotatable bonds is 6. The van der Waals surface area contributed by atoms with E-state index < -0.39 is 0 Å². The van der Waals surface area contributed by atoms with E-state index in [1.165, 1.54) is 5.01 Å². The molecule has 0 saturated heterocycles. The number of hydrogen-bond acceptors (Lipinski definition) is 5. The van der Waals surface area contributed by atoms with Crippen molar-refractivity contribution < 1.29 is 0 Å². The normalized spacial score (nSPS) is 11.7. The predicted octanol–water partition coefficient (Wildman–Crippen LogP) is 3.07. The lowest BCUT2D eigenvalue weighted by Crippen LogP contribution is -2.38. The highest BCUT2D eigenvalue weighted by Gasteiger charge is 2.09. The molecular weight excluding hydrogens is 314 g/mol. The first-order chi connectivity index (χ1) is 10.6. The van der Waals surface area contributed by atoms with Gasteiger partial charge in [-0.25, -0.2) is 15.0 Å². The van der Waals surface area contributed by atoms with Gasteiger partial charge < -0.3 is 10.2 Å². The molecule has 0 atom stereocenters. The molecule has 2 heterocycles. The summed E-state index contributed by atoms with van der Waals surface area (Å²) in [5.41, 5.74) is 2.12. The Kier molecular flexibility index (Phi) is 6.33. The topological polar surface area (TPSA) is 53.4 Å². The second-order valence-electron chi connectivity index (χ2n) is 4.97. The summed E-state index contributed by atoms with van der Waals surface area (Å²) in [6, 6.07) is 0. The van der Waals surface area contributed by atoms with Crippen molar-refractivity contribution in [2.75, 3.05) is 13.6 Å². The number of nitrogens with one attached hydrogen (secondary N) is 1. The highest BCUT2D eigenvalue weighted by molar-refractivity contribution is 7.09. The average Bonchev–Trinajstić information content (AvgIpc) is 3.12. The number of hydrogen-bond donors (Lipinski definition) is 1. The SMILES string of the molecule is CCNC(=NCc1csc(CC)n1)N(C)Cc1csc(C)n1. The van der Waals surface area contributed by atoms with Crippen LogP contribution < -0.4 is 5.32 Å². The van der Waals surface area contributed by atoms with Crippen molar-refractivity contribution in [3.8, 4) is 0 Å². The third-order valence-corrected chi connectivity index (χ3v) is 4.92. The summed E-state index contributed by atoms with van der Waals surface area (Å²) < 4.78 is 0. The van der Waals surface area contributed by atoms with E-state index in [0.29, 0.717) is 6.54 Å². The summed E-state index contributed by atoms with van der Waals surface area (Å²) in [5, 5.41) is 9.79. The van der Waals surface area contributed by atoms with E-state index in [2.05, 4.69) is 49.8 Å². The van der Waals surface area contributed by atoms with E-state index in [-0.39, 0.29) is 0 Å². The Morgan fingerprint density at radius 3 is 2.59 bits per heavy atom. The standard InChI is InChI=1S/C15H23N5S2/c1-5-14-19-12(9-22-14)7-17-15(16-6-2)20(4)8-13-10-21-11(3)18-13/h9-10H,5-8H2,1-4H3,(H,16,17). The molecule has 0 spiro atoms. The summed E-state index contributed by atoms with van der Waals surface area (Å²) in [4.78, 5) is 15.9. The van der Waals surface area contributed by atoms with Crippen LogP contribution in [0.5, 0.6) is 0 Å². The molecule has 0 amide bonds. The van der Waals surface area contributed by atoms with Crippen LogP contribution in [0.2, 0.25) is 0 Å². The molecule has 0 radical (unpaired) electrons. The predicted molar refractivity (Wildman–Crippen MR) is 94.6 cm³/mol. The second kappa shape index (κ2) is 8.24. The van der Waals surface area contributed by atoms with Crippen molar-refractivity contribution >= 4 is 28.6 Å². The molecule has 2 aromatic rings. The highest BCUT2D eigenvalue weighted by atomic mass is 32.1. The Bertz CT molecular complexity index is 617. The van der Waals surface area contributed by atoms with Crippen LogP contribution in [-0.4, -0.2) is 34.4 Å². The van der Waals surface area contributed by atoms with Crippen LogP contribution in [0.25, 0.3) is 0 Å². The molecule has 2 rings (SSSR count). The Morgan fingerprint density at radius 1 is 1.23 bits per heavy atom. The molecule has 0 aliphatic carbocycles. The Balaban J connectivity index is 2.02. The van der Waals surface area contributed by atoms with Gasteiger partial charge in [-0.2, -0.15) is 0 Å². The van der Waals surface area contributed by atoms with Gasteiger partial charge in [-0.15, -0.1) is 22.7 Å². The van der Waals surface area contributed by atoms with Gasteiger partial charge in [0.05, 0.1) is 34.5 Å². The van der Waals surface area contributed by atoms with Crippen molar-refractivity contribution in [3.63, 3.8) is 0 Å². The maximum atomic E-state index is 4.69. The zero-order chi connectivity index (χ0) is 15.9. The number of aryl methyl sites for hydroxylation is 2. The summed E-state index contributed by atoms with van der Waals surface area (Å²) in [6.07, 6.45) is 0.984. The van der Waals surface area contributed by atoms with Gasteiger partial charge in [0, 0.05) is 24.4 Å². The molecule has 0 aliphatic rings. The van der Waals surface area contributed by atoms with Crippen LogP contribution in [0, 0.1) is 6.92 Å². The maximum absolute atomic E-state index is 4.69. The molecule has 7 heteroatoms. The molecule has 5 nitrogen and oxygen atoms in total. The van der Waals surface area contributed by atoms with Crippen LogP contribution >= 0.6 is 22.7 Å².